The van der Waals surface area contributed by atoms with Crippen LogP contribution >= 0.6 is 27.3 Å². The van der Waals surface area contributed by atoms with E-state index in [1.54, 1.807) is 27.7 Å². The molecule has 0 aliphatic rings. The summed E-state index contributed by atoms with van der Waals surface area (Å²) in [6.45, 7) is 8.63. The van der Waals surface area contributed by atoms with Gasteiger partial charge in [-0.3, -0.25) is 4.79 Å². The zero-order valence-electron chi connectivity index (χ0n) is 20.7. The van der Waals surface area contributed by atoms with E-state index in [-0.39, 0.29) is 11.6 Å². The summed E-state index contributed by atoms with van der Waals surface area (Å²) in [5.74, 6) is -0.465. The Morgan fingerprint density at radius 3 is 2.17 bits per heavy atom. The van der Waals surface area contributed by atoms with Crippen LogP contribution < -0.4 is 5.01 Å². The standard InChI is InChI=1S/C23H30BrF3N4O3S/c1-14(12-16-8-10-17(11-9-16)23(25,26)27)30(21(33)34-22(3,4)5)31(15(2)32)20-28-18(13-29(6)7)19(24)35-20/h8-11,14H,12-13H2,1-7H3. The van der Waals surface area contributed by atoms with Gasteiger partial charge in [-0.25, -0.2) is 14.8 Å². The number of alkyl halides is 3. The number of anilines is 1. The molecule has 0 fully saturated rings. The topological polar surface area (TPSA) is 66.0 Å². The van der Waals surface area contributed by atoms with E-state index in [0.29, 0.717) is 21.6 Å². The molecule has 2 rings (SSSR count). The van der Waals surface area contributed by atoms with Gasteiger partial charge in [-0.15, -0.1) is 0 Å². The molecule has 7 nitrogen and oxygen atoms in total. The van der Waals surface area contributed by atoms with Gasteiger partial charge in [0.15, 0.2) is 0 Å². The van der Waals surface area contributed by atoms with Gasteiger partial charge in [-0.1, -0.05) is 23.5 Å². The monoisotopic (exact) mass is 578 g/mol. The molecule has 2 amide bonds. The molecule has 0 aliphatic carbocycles. The molecule has 1 aromatic heterocycles. The number of halogens is 4. The lowest BCUT2D eigenvalue weighted by Crippen LogP contribution is -2.55. The van der Waals surface area contributed by atoms with E-state index >= 15 is 0 Å². The number of thiazole rings is 1. The van der Waals surface area contributed by atoms with Crippen LogP contribution in [0.2, 0.25) is 0 Å². The van der Waals surface area contributed by atoms with Gasteiger partial charge in [0.1, 0.15) is 5.60 Å². The van der Waals surface area contributed by atoms with E-state index in [0.717, 1.165) is 17.1 Å². The normalized spacial score (nSPS) is 13.0. The fourth-order valence-electron chi connectivity index (χ4n) is 3.21. The van der Waals surface area contributed by atoms with Crippen molar-refractivity contribution in [3.05, 3.63) is 44.9 Å². The number of nitrogens with zero attached hydrogens (tertiary/aromatic N) is 4. The maximum absolute atomic E-state index is 13.3. The molecule has 0 saturated carbocycles. The minimum atomic E-state index is -4.44. The van der Waals surface area contributed by atoms with E-state index < -0.39 is 35.4 Å². The Hall–Kier alpha value is -2.18. The van der Waals surface area contributed by atoms with E-state index in [4.69, 9.17) is 4.74 Å². The van der Waals surface area contributed by atoms with Crippen molar-refractivity contribution in [3.63, 3.8) is 0 Å². The van der Waals surface area contributed by atoms with Crippen LogP contribution in [0.1, 0.15) is 51.4 Å². The highest BCUT2D eigenvalue weighted by molar-refractivity contribution is 9.11. The van der Waals surface area contributed by atoms with Crippen LogP contribution in [0.15, 0.2) is 28.1 Å². The molecule has 0 saturated heterocycles. The van der Waals surface area contributed by atoms with Crippen LogP contribution in [-0.4, -0.2) is 52.6 Å². The molecule has 0 aliphatic heterocycles. The quantitative estimate of drug-likeness (QED) is 0.386. The molecule has 0 N–H and O–H groups in total. The molecule has 0 radical (unpaired) electrons. The number of benzene rings is 1. The smallest absolute Gasteiger partial charge is 0.430 e. The second-order valence-electron chi connectivity index (χ2n) is 9.36. The average Bonchev–Trinajstić information content (AvgIpc) is 3.02. The van der Waals surface area contributed by atoms with E-state index in [2.05, 4.69) is 20.9 Å². The van der Waals surface area contributed by atoms with Gasteiger partial charge in [0, 0.05) is 13.5 Å². The second-order valence-corrected chi connectivity index (χ2v) is 11.7. The van der Waals surface area contributed by atoms with Crippen LogP contribution in [0.3, 0.4) is 0 Å². The number of hydrogen-bond acceptors (Lipinski definition) is 6. The molecule has 194 valence electrons. The summed E-state index contributed by atoms with van der Waals surface area (Å²) in [6.07, 6.45) is -5.04. The summed E-state index contributed by atoms with van der Waals surface area (Å²) < 4.78 is 45.1. The van der Waals surface area contributed by atoms with Crippen molar-refractivity contribution in [1.82, 2.24) is 14.9 Å². The molecule has 0 bridgehead atoms. The maximum atomic E-state index is 13.3. The molecule has 1 aromatic carbocycles. The van der Waals surface area contributed by atoms with Gasteiger partial charge in [-0.2, -0.15) is 18.2 Å². The van der Waals surface area contributed by atoms with Gasteiger partial charge in [0.2, 0.25) is 11.0 Å². The van der Waals surface area contributed by atoms with Gasteiger partial charge in [0.05, 0.1) is 21.1 Å². The van der Waals surface area contributed by atoms with E-state index in [9.17, 15) is 22.8 Å². The SMILES string of the molecule is CC(=O)N(c1nc(CN(C)C)c(Br)s1)N(C(=O)OC(C)(C)C)C(C)Cc1ccc(C(F)(F)F)cc1. The highest BCUT2D eigenvalue weighted by Gasteiger charge is 2.36. The van der Waals surface area contributed by atoms with Crippen molar-refractivity contribution < 1.29 is 27.5 Å². The predicted octanol–water partition coefficient (Wildman–Crippen LogP) is 6.12. The molecule has 1 heterocycles. The molecular formula is C23H30BrF3N4O3S. The summed E-state index contributed by atoms with van der Waals surface area (Å²) >= 11 is 4.67. The second kappa shape index (κ2) is 11.3. The first-order chi connectivity index (χ1) is 16.0. The number of ether oxygens (including phenoxy) is 1. The molecule has 1 unspecified atom stereocenters. The van der Waals surface area contributed by atoms with Gasteiger partial charge in [0.25, 0.3) is 0 Å². The number of carbonyl (C=O) groups is 2. The Kier molecular flexibility index (Phi) is 9.34. The van der Waals surface area contributed by atoms with Crippen molar-refractivity contribution in [2.75, 3.05) is 19.1 Å². The number of hydrazine groups is 1. The highest BCUT2D eigenvalue weighted by Crippen LogP contribution is 2.34. The van der Waals surface area contributed by atoms with Gasteiger partial charge in [-0.05, 0) is 81.8 Å². The Bertz CT molecular complexity index is 1040. The number of amides is 2. The first kappa shape index (κ1) is 29.1. The Morgan fingerprint density at radius 2 is 1.71 bits per heavy atom. The number of carbonyl (C=O) groups excluding carboxylic acids is 2. The number of aromatic nitrogens is 1. The van der Waals surface area contributed by atoms with Crippen molar-refractivity contribution in [1.29, 1.82) is 0 Å². The fraction of sp³-hybridized carbons (Fsp3) is 0.522. The van der Waals surface area contributed by atoms with Gasteiger partial charge >= 0.3 is 12.3 Å². The molecule has 12 heteroatoms. The third kappa shape index (κ3) is 8.18. The van der Waals surface area contributed by atoms with Crippen molar-refractivity contribution in [2.24, 2.45) is 0 Å². The van der Waals surface area contributed by atoms with Crippen LogP contribution in [0.25, 0.3) is 0 Å². The lowest BCUT2D eigenvalue weighted by atomic mass is 10.0. The fourth-order valence-corrected chi connectivity index (χ4v) is 4.71. The van der Waals surface area contributed by atoms with Crippen LogP contribution in [0.5, 0.6) is 0 Å². The van der Waals surface area contributed by atoms with Crippen LogP contribution in [0.4, 0.5) is 23.1 Å². The highest BCUT2D eigenvalue weighted by atomic mass is 79.9. The first-order valence-corrected chi connectivity index (χ1v) is 12.4. The molecular weight excluding hydrogens is 549 g/mol. The number of rotatable bonds is 6. The van der Waals surface area contributed by atoms with Gasteiger partial charge < -0.3 is 9.64 Å². The Balaban J connectivity index is 2.46. The third-order valence-corrected chi connectivity index (χ3v) is 6.41. The zero-order valence-corrected chi connectivity index (χ0v) is 23.1. The molecule has 2 aromatic rings. The number of hydrogen-bond donors (Lipinski definition) is 0. The minimum absolute atomic E-state index is 0.179. The molecule has 35 heavy (non-hydrogen) atoms. The predicted molar refractivity (Wildman–Crippen MR) is 133 cm³/mol. The van der Waals surface area contributed by atoms with E-state index in [1.165, 1.54) is 35.4 Å². The summed E-state index contributed by atoms with van der Waals surface area (Å²) in [5.41, 5.74) is -0.341. The summed E-state index contributed by atoms with van der Waals surface area (Å²) in [4.78, 5) is 32.6. The lowest BCUT2D eigenvalue weighted by molar-refractivity contribution is -0.137. The largest absolute Gasteiger partial charge is 0.442 e. The zero-order chi connectivity index (χ0) is 26.7. The summed E-state index contributed by atoms with van der Waals surface area (Å²) in [6, 6.07) is 4.06. The van der Waals surface area contributed by atoms with Crippen molar-refractivity contribution in [3.8, 4) is 0 Å². The Labute approximate surface area is 216 Å². The maximum Gasteiger partial charge on any atom is 0.430 e. The van der Waals surface area contributed by atoms with Crippen molar-refractivity contribution in [2.45, 2.75) is 65.4 Å². The Morgan fingerprint density at radius 1 is 1.14 bits per heavy atom. The third-order valence-electron chi connectivity index (χ3n) is 4.61. The molecule has 0 spiro atoms. The lowest BCUT2D eigenvalue weighted by Gasteiger charge is -2.37. The van der Waals surface area contributed by atoms with Crippen LogP contribution in [0, 0.1) is 0 Å². The van der Waals surface area contributed by atoms with Crippen molar-refractivity contribution >= 4 is 44.4 Å². The van der Waals surface area contributed by atoms with Crippen LogP contribution in [-0.2, 0) is 28.7 Å². The molecule has 1 atom stereocenters. The first-order valence-electron chi connectivity index (χ1n) is 10.8. The average molecular weight is 579 g/mol. The summed E-state index contributed by atoms with van der Waals surface area (Å²) in [7, 11) is 3.76. The van der Waals surface area contributed by atoms with E-state index in [1.807, 2.05) is 19.0 Å². The minimum Gasteiger partial charge on any atom is -0.442 e. The summed E-state index contributed by atoms with van der Waals surface area (Å²) in [5, 5.41) is 2.61.